The van der Waals surface area contributed by atoms with Gasteiger partial charge in [-0.1, -0.05) is 6.07 Å². The van der Waals surface area contributed by atoms with Crippen molar-refractivity contribution in [1.82, 2.24) is 4.31 Å². The number of likely N-dealkylation sites (N-methyl/N-ethyl adjacent to an activating group) is 1. The minimum absolute atomic E-state index is 0.0391. The number of rotatable bonds is 7. The molecule has 0 heterocycles. The van der Waals surface area contributed by atoms with Gasteiger partial charge in [0.05, 0.1) is 18.6 Å². The van der Waals surface area contributed by atoms with Crippen molar-refractivity contribution in [2.45, 2.75) is 16.7 Å². The van der Waals surface area contributed by atoms with Crippen LogP contribution in [-0.2, 0) is 24.8 Å². The number of anilines is 1. The Labute approximate surface area is 164 Å². The number of carbonyl (C=O) groups is 1. The van der Waals surface area contributed by atoms with Gasteiger partial charge in [0.25, 0.3) is 0 Å². The van der Waals surface area contributed by atoms with Crippen molar-refractivity contribution in [2.75, 3.05) is 26.0 Å². The molecule has 0 aliphatic carbocycles. The number of methoxy groups -OCH3 is 1. The van der Waals surface area contributed by atoms with Gasteiger partial charge in [0.1, 0.15) is 10.6 Å². The first-order valence-corrected chi connectivity index (χ1v) is 11.0. The van der Waals surface area contributed by atoms with Gasteiger partial charge in [-0.05, 0) is 48.9 Å². The first-order valence-electron chi connectivity index (χ1n) is 7.99. The van der Waals surface area contributed by atoms with Gasteiger partial charge in [0.15, 0.2) is 0 Å². The van der Waals surface area contributed by atoms with Gasteiger partial charge in [-0.3, -0.25) is 4.79 Å². The van der Waals surface area contributed by atoms with E-state index in [1.54, 1.807) is 19.1 Å². The highest BCUT2D eigenvalue weighted by Gasteiger charge is 2.26. The summed E-state index contributed by atoms with van der Waals surface area (Å²) < 4.78 is 54.1. The summed E-state index contributed by atoms with van der Waals surface area (Å²) in [6.07, 6.45) is 0. The molecule has 2 aromatic carbocycles. The molecule has 2 aromatic rings. The number of nitrogens with two attached hydrogens (primary N) is 1. The highest BCUT2D eigenvalue weighted by atomic mass is 32.2. The van der Waals surface area contributed by atoms with E-state index in [0.29, 0.717) is 5.69 Å². The second kappa shape index (κ2) is 8.27. The molecule has 0 saturated heterocycles. The predicted octanol–water partition coefficient (Wildman–Crippen LogP) is 0.910. The molecular weight excluding hydrogens is 406 g/mol. The van der Waals surface area contributed by atoms with Gasteiger partial charge >= 0.3 is 0 Å². The molecular formula is C17H21N3O6S2. The van der Waals surface area contributed by atoms with Crippen LogP contribution in [0.1, 0.15) is 5.56 Å². The minimum atomic E-state index is -3.97. The standard InChI is InChI=1S/C17H21N3O6S2/c1-12-4-9-15(26-3)16(10-12)28(24,25)20(2)11-17(21)19-13-5-7-14(8-6-13)27(18,22)23/h4-10H,11H2,1-3H3,(H,19,21)(H2,18,22,23). The molecule has 3 N–H and O–H groups in total. The molecule has 0 unspecified atom stereocenters. The fourth-order valence-electron chi connectivity index (χ4n) is 2.37. The Balaban J connectivity index is 2.14. The third-order valence-electron chi connectivity index (χ3n) is 3.84. The van der Waals surface area contributed by atoms with E-state index in [9.17, 15) is 21.6 Å². The molecule has 9 nitrogen and oxygen atoms in total. The van der Waals surface area contributed by atoms with Crippen LogP contribution in [0.2, 0.25) is 0 Å². The van der Waals surface area contributed by atoms with E-state index in [1.807, 2.05) is 0 Å². The third-order valence-corrected chi connectivity index (χ3v) is 6.59. The van der Waals surface area contributed by atoms with Crippen molar-refractivity contribution >= 4 is 31.6 Å². The maximum atomic E-state index is 12.8. The number of sulfonamides is 2. The molecule has 1 amide bonds. The van der Waals surface area contributed by atoms with Crippen LogP contribution in [0.25, 0.3) is 0 Å². The number of aryl methyl sites for hydroxylation is 1. The summed E-state index contributed by atoms with van der Waals surface area (Å²) >= 11 is 0. The molecule has 0 aliphatic heterocycles. The Morgan fingerprint density at radius 1 is 1.11 bits per heavy atom. The number of primary sulfonamides is 1. The van der Waals surface area contributed by atoms with Crippen LogP contribution in [0.4, 0.5) is 5.69 Å². The Bertz CT molecular complexity index is 1080. The van der Waals surface area contributed by atoms with Crippen molar-refractivity contribution in [2.24, 2.45) is 5.14 Å². The van der Waals surface area contributed by atoms with E-state index in [4.69, 9.17) is 9.88 Å². The van der Waals surface area contributed by atoms with Crippen molar-refractivity contribution in [3.63, 3.8) is 0 Å². The van der Waals surface area contributed by atoms with Crippen LogP contribution in [0, 0.1) is 6.92 Å². The molecule has 28 heavy (non-hydrogen) atoms. The lowest BCUT2D eigenvalue weighted by Crippen LogP contribution is -2.35. The van der Waals surface area contributed by atoms with Crippen molar-refractivity contribution < 1.29 is 26.4 Å². The number of carbonyl (C=O) groups excluding carboxylic acids is 1. The fraction of sp³-hybridized carbons (Fsp3) is 0.235. The lowest BCUT2D eigenvalue weighted by molar-refractivity contribution is -0.116. The quantitative estimate of drug-likeness (QED) is 0.674. The maximum absolute atomic E-state index is 12.8. The summed E-state index contributed by atoms with van der Waals surface area (Å²) in [5.41, 5.74) is 1.03. The van der Waals surface area contributed by atoms with Crippen LogP contribution >= 0.6 is 0 Å². The summed E-state index contributed by atoms with van der Waals surface area (Å²) in [5, 5.41) is 7.52. The average molecular weight is 428 g/mol. The molecule has 0 atom stereocenters. The maximum Gasteiger partial charge on any atom is 0.246 e. The highest BCUT2D eigenvalue weighted by molar-refractivity contribution is 7.89. The third kappa shape index (κ3) is 5.07. The predicted molar refractivity (Wildman–Crippen MR) is 104 cm³/mol. The average Bonchev–Trinajstić information content (AvgIpc) is 2.61. The van der Waals surface area contributed by atoms with Gasteiger partial charge in [0.2, 0.25) is 26.0 Å². The molecule has 152 valence electrons. The highest BCUT2D eigenvalue weighted by Crippen LogP contribution is 2.27. The molecule has 0 aromatic heterocycles. The lowest BCUT2D eigenvalue weighted by atomic mass is 10.2. The molecule has 0 bridgehead atoms. The van der Waals surface area contributed by atoms with Crippen LogP contribution in [0.3, 0.4) is 0 Å². The van der Waals surface area contributed by atoms with E-state index < -0.39 is 32.5 Å². The number of nitrogens with zero attached hydrogens (tertiary/aromatic N) is 1. The largest absolute Gasteiger partial charge is 0.495 e. The van der Waals surface area contributed by atoms with Gasteiger partial charge in [-0.2, -0.15) is 4.31 Å². The molecule has 0 fully saturated rings. The number of ether oxygens (including phenoxy) is 1. The summed E-state index contributed by atoms with van der Waals surface area (Å²) in [6.45, 7) is 1.30. The topological polar surface area (TPSA) is 136 Å². The number of hydrogen-bond acceptors (Lipinski definition) is 6. The van der Waals surface area contributed by atoms with Gasteiger partial charge < -0.3 is 10.1 Å². The molecule has 0 spiro atoms. The van der Waals surface area contributed by atoms with Gasteiger partial charge in [-0.15, -0.1) is 0 Å². The first kappa shape index (κ1) is 21.8. The molecule has 2 rings (SSSR count). The van der Waals surface area contributed by atoms with E-state index >= 15 is 0 Å². The van der Waals surface area contributed by atoms with Crippen molar-refractivity contribution in [1.29, 1.82) is 0 Å². The Morgan fingerprint density at radius 2 is 1.71 bits per heavy atom. The van der Waals surface area contributed by atoms with Crippen molar-refractivity contribution in [3.8, 4) is 5.75 Å². The van der Waals surface area contributed by atoms with Crippen LogP contribution < -0.4 is 15.2 Å². The van der Waals surface area contributed by atoms with Crippen molar-refractivity contribution in [3.05, 3.63) is 48.0 Å². The van der Waals surface area contributed by atoms with Crippen LogP contribution in [-0.4, -0.2) is 47.8 Å². The number of hydrogen-bond donors (Lipinski definition) is 2. The van der Waals surface area contributed by atoms with E-state index in [0.717, 1.165) is 9.87 Å². The Hall–Kier alpha value is -2.47. The zero-order chi connectivity index (χ0) is 21.1. The Kier molecular flexibility index (Phi) is 6.44. The van der Waals surface area contributed by atoms with E-state index in [2.05, 4.69) is 5.32 Å². The first-order chi connectivity index (χ1) is 12.9. The lowest BCUT2D eigenvalue weighted by Gasteiger charge is -2.19. The van der Waals surface area contributed by atoms with Crippen LogP contribution in [0.5, 0.6) is 5.75 Å². The van der Waals surface area contributed by atoms with Crippen LogP contribution in [0.15, 0.2) is 52.3 Å². The number of amides is 1. The SMILES string of the molecule is COc1ccc(C)cc1S(=O)(=O)N(C)CC(=O)Nc1ccc(S(N)(=O)=O)cc1. The zero-order valence-electron chi connectivity index (χ0n) is 15.5. The van der Waals surface area contributed by atoms with Gasteiger partial charge in [0, 0.05) is 12.7 Å². The smallest absolute Gasteiger partial charge is 0.246 e. The van der Waals surface area contributed by atoms with Gasteiger partial charge in [-0.25, -0.2) is 22.0 Å². The number of nitrogens with one attached hydrogen (secondary N) is 1. The zero-order valence-corrected chi connectivity index (χ0v) is 17.2. The molecule has 11 heteroatoms. The number of benzene rings is 2. The summed E-state index contributed by atoms with van der Waals surface area (Å²) in [5.74, 6) is -0.419. The monoisotopic (exact) mass is 427 g/mol. The fourth-order valence-corrected chi connectivity index (χ4v) is 4.25. The Morgan fingerprint density at radius 3 is 2.25 bits per heavy atom. The second-order valence-electron chi connectivity index (χ2n) is 6.03. The normalized spacial score (nSPS) is 12.0. The molecule has 0 aliphatic rings. The van der Waals surface area contributed by atoms with E-state index in [-0.39, 0.29) is 15.5 Å². The second-order valence-corrected chi connectivity index (χ2v) is 9.61. The van der Waals surface area contributed by atoms with E-state index in [1.165, 1.54) is 44.5 Å². The summed E-state index contributed by atoms with van der Waals surface area (Å²) in [7, 11) is -5.16. The summed E-state index contributed by atoms with van der Waals surface area (Å²) in [6, 6.07) is 9.92. The molecule has 0 saturated carbocycles. The minimum Gasteiger partial charge on any atom is -0.495 e. The molecule has 0 radical (unpaired) electrons. The summed E-state index contributed by atoms with van der Waals surface area (Å²) in [4.78, 5) is 12.1.